The first-order chi connectivity index (χ1) is 8.10. The molecule has 3 N–H and O–H groups in total. The van der Waals surface area contributed by atoms with Gasteiger partial charge in [0.05, 0.1) is 6.61 Å². The number of methoxy groups -OCH3 is 1. The largest absolute Gasteiger partial charge is 0.395 e. The molecule has 102 valence electrons. The van der Waals surface area contributed by atoms with E-state index in [1.165, 1.54) is 4.31 Å². The molecule has 0 saturated carbocycles. The lowest BCUT2D eigenvalue weighted by atomic mass is 10.2. The number of hydrogen-bond acceptors (Lipinski definition) is 5. The summed E-state index contributed by atoms with van der Waals surface area (Å²) in [6, 6.07) is -0.491. The van der Waals surface area contributed by atoms with Crippen molar-refractivity contribution < 1.29 is 18.3 Å². The van der Waals surface area contributed by atoms with Crippen LogP contribution in [0.1, 0.15) is 6.42 Å². The van der Waals surface area contributed by atoms with Gasteiger partial charge in [0.1, 0.15) is 0 Å². The second kappa shape index (κ2) is 7.24. The number of nitrogens with one attached hydrogen (secondary N) is 2. The molecule has 8 heteroatoms. The molecule has 1 aliphatic heterocycles. The molecule has 0 aliphatic carbocycles. The van der Waals surface area contributed by atoms with Gasteiger partial charge in [-0.1, -0.05) is 0 Å². The molecule has 1 unspecified atom stereocenters. The van der Waals surface area contributed by atoms with Crippen molar-refractivity contribution >= 4 is 10.2 Å². The van der Waals surface area contributed by atoms with E-state index >= 15 is 0 Å². The van der Waals surface area contributed by atoms with Gasteiger partial charge in [0.15, 0.2) is 0 Å². The van der Waals surface area contributed by atoms with Crippen molar-refractivity contribution in [1.29, 1.82) is 0 Å². The molecule has 1 atom stereocenters. The molecule has 0 bridgehead atoms. The van der Waals surface area contributed by atoms with Crippen LogP contribution in [0.25, 0.3) is 0 Å². The van der Waals surface area contributed by atoms with Crippen LogP contribution < -0.4 is 10.0 Å². The first kappa shape index (κ1) is 14.8. The summed E-state index contributed by atoms with van der Waals surface area (Å²) in [5, 5.41) is 12.2. The van der Waals surface area contributed by atoms with Crippen LogP contribution in [-0.4, -0.2) is 70.4 Å². The van der Waals surface area contributed by atoms with Crippen LogP contribution in [0.3, 0.4) is 0 Å². The number of aliphatic hydroxyl groups excluding tert-OH is 1. The molecule has 1 rings (SSSR count). The molecule has 0 aromatic carbocycles. The van der Waals surface area contributed by atoms with E-state index in [2.05, 4.69) is 10.0 Å². The predicted octanol–water partition coefficient (Wildman–Crippen LogP) is -1.88. The minimum Gasteiger partial charge on any atom is -0.395 e. The molecule has 1 aliphatic rings. The molecule has 17 heavy (non-hydrogen) atoms. The van der Waals surface area contributed by atoms with Gasteiger partial charge in [-0.25, -0.2) is 0 Å². The highest BCUT2D eigenvalue weighted by Crippen LogP contribution is 2.03. The second-order valence-corrected chi connectivity index (χ2v) is 5.64. The van der Waals surface area contributed by atoms with Crippen LogP contribution in [0.4, 0.5) is 0 Å². The number of aliphatic hydroxyl groups is 1. The standard InChI is InChI=1S/C9H21N3O4S/c1-16-7-2-9(8-13)11-17(14,15)12-5-3-10-4-6-12/h9-11,13H,2-8H2,1H3. The van der Waals surface area contributed by atoms with Gasteiger partial charge in [-0.3, -0.25) is 0 Å². The number of ether oxygens (including phenoxy) is 1. The van der Waals surface area contributed by atoms with Gasteiger partial charge in [0, 0.05) is 45.9 Å². The Hall–Kier alpha value is -0.250. The Bertz CT molecular complexity index is 303. The Morgan fingerprint density at radius 3 is 2.65 bits per heavy atom. The average Bonchev–Trinajstić information content (AvgIpc) is 2.35. The van der Waals surface area contributed by atoms with Gasteiger partial charge in [0.25, 0.3) is 10.2 Å². The Morgan fingerprint density at radius 2 is 2.12 bits per heavy atom. The minimum atomic E-state index is -3.50. The molecular formula is C9H21N3O4S. The quantitative estimate of drug-likeness (QED) is 0.502. The lowest BCUT2D eigenvalue weighted by molar-refractivity contribution is 0.165. The van der Waals surface area contributed by atoms with E-state index in [1.54, 1.807) is 7.11 Å². The lowest BCUT2D eigenvalue weighted by Gasteiger charge is -2.28. The van der Waals surface area contributed by atoms with Crippen LogP contribution in [0, 0.1) is 0 Å². The predicted molar refractivity (Wildman–Crippen MR) is 63.9 cm³/mol. The van der Waals surface area contributed by atoms with E-state index < -0.39 is 16.3 Å². The lowest BCUT2D eigenvalue weighted by Crippen LogP contribution is -2.53. The summed E-state index contributed by atoms with van der Waals surface area (Å²) >= 11 is 0. The molecule has 0 aromatic rings. The van der Waals surface area contributed by atoms with E-state index in [1.807, 2.05) is 0 Å². The fourth-order valence-electron chi connectivity index (χ4n) is 1.62. The van der Waals surface area contributed by atoms with E-state index in [4.69, 9.17) is 9.84 Å². The number of piperazine rings is 1. The normalized spacial score (nSPS) is 20.4. The van der Waals surface area contributed by atoms with Crippen molar-refractivity contribution in [2.75, 3.05) is 46.5 Å². The first-order valence-corrected chi connectivity index (χ1v) is 7.12. The summed E-state index contributed by atoms with van der Waals surface area (Å²) in [5.41, 5.74) is 0. The highest BCUT2D eigenvalue weighted by atomic mass is 32.2. The summed E-state index contributed by atoms with van der Waals surface area (Å²) in [4.78, 5) is 0. The monoisotopic (exact) mass is 267 g/mol. The van der Waals surface area contributed by atoms with Gasteiger partial charge in [-0.15, -0.1) is 0 Å². The zero-order valence-electron chi connectivity index (χ0n) is 10.1. The van der Waals surface area contributed by atoms with Gasteiger partial charge in [-0.05, 0) is 6.42 Å². The first-order valence-electron chi connectivity index (χ1n) is 5.68. The minimum absolute atomic E-state index is 0.228. The Balaban J connectivity index is 2.50. The average molecular weight is 267 g/mol. The number of nitrogens with zero attached hydrogens (tertiary/aromatic N) is 1. The van der Waals surface area contributed by atoms with E-state index in [-0.39, 0.29) is 6.61 Å². The number of rotatable bonds is 7. The van der Waals surface area contributed by atoms with Gasteiger partial charge in [-0.2, -0.15) is 17.4 Å². The van der Waals surface area contributed by atoms with Crippen molar-refractivity contribution in [3.8, 4) is 0 Å². The van der Waals surface area contributed by atoms with Crippen LogP contribution in [0.15, 0.2) is 0 Å². The maximum atomic E-state index is 12.0. The third-order valence-electron chi connectivity index (χ3n) is 2.62. The van der Waals surface area contributed by atoms with Crippen LogP contribution >= 0.6 is 0 Å². The molecule has 0 radical (unpaired) electrons. The highest BCUT2D eigenvalue weighted by molar-refractivity contribution is 7.87. The van der Waals surface area contributed by atoms with Gasteiger partial charge >= 0.3 is 0 Å². The van der Waals surface area contributed by atoms with Gasteiger partial charge < -0.3 is 15.2 Å². The smallest absolute Gasteiger partial charge is 0.279 e. The van der Waals surface area contributed by atoms with Crippen LogP contribution in [-0.2, 0) is 14.9 Å². The van der Waals surface area contributed by atoms with Gasteiger partial charge in [0.2, 0.25) is 0 Å². The van der Waals surface area contributed by atoms with Crippen molar-refractivity contribution in [2.45, 2.75) is 12.5 Å². The Labute approximate surface area is 102 Å². The summed E-state index contributed by atoms with van der Waals surface area (Å²) in [7, 11) is -1.96. The third kappa shape index (κ3) is 4.86. The fourth-order valence-corrected chi connectivity index (χ4v) is 3.04. The maximum Gasteiger partial charge on any atom is 0.279 e. The summed E-state index contributed by atoms with van der Waals surface area (Å²) in [6.07, 6.45) is 0.457. The fraction of sp³-hybridized carbons (Fsp3) is 1.00. The molecular weight excluding hydrogens is 246 g/mol. The molecule has 1 saturated heterocycles. The Kier molecular flexibility index (Phi) is 6.31. The molecule has 1 fully saturated rings. The topological polar surface area (TPSA) is 90.9 Å². The SMILES string of the molecule is COCCC(CO)NS(=O)(=O)N1CCNCC1. The van der Waals surface area contributed by atoms with Crippen molar-refractivity contribution in [3.63, 3.8) is 0 Å². The summed E-state index contributed by atoms with van der Waals surface area (Å²) in [6.45, 7) is 2.41. The van der Waals surface area contributed by atoms with Crippen molar-refractivity contribution in [2.24, 2.45) is 0 Å². The highest BCUT2D eigenvalue weighted by Gasteiger charge is 2.26. The number of hydrogen-bond donors (Lipinski definition) is 3. The van der Waals surface area contributed by atoms with E-state index in [0.29, 0.717) is 39.2 Å². The third-order valence-corrected chi connectivity index (χ3v) is 4.30. The summed E-state index contributed by atoms with van der Waals surface area (Å²) in [5.74, 6) is 0. The zero-order valence-corrected chi connectivity index (χ0v) is 10.9. The zero-order chi connectivity index (χ0) is 12.7. The molecule has 7 nitrogen and oxygen atoms in total. The maximum absolute atomic E-state index is 12.0. The molecule has 1 heterocycles. The van der Waals surface area contributed by atoms with E-state index in [9.17, 15) is 8.42 Å². The van der Waals surface area contributed by atoms with Crippen LogP contribution in [0.5, 0.6) is 0 Å². The van der Waals surface area contributed by atoms with Crippen molar-refractivity contribution in [3.05, 3.63) is 0 Å². The van der Waals surface area contributed by atoms with Crippen molar-refractivity contribution in [1.82, 2.24) is 14.3 Å². The van der Waals surface area contributed by atoms with Crippen LogP contribution in [0.2, 0.25) is 0 Å². The second-order valence-electron chi connectivity index (χ2n) is 3.93. The molecule has 0 amide bonds. The summed E-state index contributed by atoms with van der Waals surface area (Å²) < 4.78 is 32.6. The molecule has 0 aromatic heterocycles. The Morgan fingerprint density at radius 1 is 1.47 bits per heavy atom. The van der Waals surface area contributed by atoms with E-state index in [0.717, 1.165) is 0 Å². The molecule has 0 spiro atoms.